The fourth-order valence-corrected chi connectivity index (χ4v) is 19.2. The molecule has 4 rings (SSSR count). The fraction of sp³-hybridized carbons (Fsp3) is 0.484. The first-order valence-corrected chi connectivity index (χ1v) is 23.9. The van der Waals surface area contributed by atoms with Crippen molar-refractivity contribution < 1.29 is 0 Å². The molecular weight excluding hydrogens is 457 g/mol. The Balaban J connectivity index is 2.33. The summed E-state index contributed by atoms with van der Waals surface area (Å²) >= 11 is 0. The lowest BCUT2D eigenvalue weighted by Crippen LogP contribution is -2.53. The van der Waals surface area contributed by atoms with Crippen LogP contribution in [0.5, 0.6) is 0 Å². The Morgan fingerprint density at radius 1 is 0.882 bits per heavy atom. The number of hydrogen-bond donors (Lipinski definition) is 0. The Morgan fingerprint density at radius 2 is 1.56 bits per heavy atom. The minimum atomic E-state index is -1.67. The summed E-state index contributed by atoms with van der Waals surface area (Å²) in [5, 5.41) is 6.91. The highest BCUT2D eigenvalue weighted by atomic mass is 28.3. The van der Waals surface area contributed by atoms with Gasteiger partial charge in [-0.2, -0.15) is 0 Å². The summed E-state index contributed by atoms with van der Waals surface area (Å²) in [6.07, 6.45) is 13.1. The van der Waals surface area contributed by atoms with Crippen molar-refractivity contribution in [2.75, 3.05) is 0 Å². The molecule has 0 bridgehead atoms. The van der Waals surface area contributed by atoms with Gasteiger partial charge in [0.25, 0.3) is 0 Å². The van der Waals surface area contributed by atoms with Gasteiger partial charge in [0.05, 0.1) is 24.2 Å². The zero-order chi connectivity index (χ0) is 25.3. The van der Waals surface area contributed by atoms with Crippen LogP contribution in [-0.2, 0) is 6.42 Å². The first-order valence-electron chi connectivity index (χ1n) is 13.4. The van der Waals surface area contributed by atoms with Crippen molar-refractivity contribution in [3.05, 3.63) is 79.5 Å². The second kappa shape index (κ2) is 8.31. The van der Waals surface area contributed by atoms with E-state index in [1.54, 1.807) is 22.3 Å². The predicted molar refractivity (Wildman–Crippen MR) is 162 cm³/mol. The molecule has 0 amide bonds. The van der Waals surface area contributed by atoms with E-state index in [4.69, 9.17) is 0 Å². The highest BCUT2D eigenvalue weighted by Crippen LogP contribution is 2.66. The van der Waals surface area contributed by atoms with E-state index in [1.807, 2.05) is 10.4 Å². The minimum absolute atomic E-state index is 0.204. The molecule has 0 radical (unpaired) electrons. The second-order valence-corrected chi connectivity index (χ2v) is 29.0. The standard InChI is InChI=1S/C31H46Si3/c1-12-22-18-19-25-24(20-22)21-26-27(25)29(32(3,4)5)30(33(6,7)8)31(13-2,34(9,10)11)28(26)23-16-14-15-17-23/h14-16,18-21H,12-13,17H2,1-11H3. The maximum Gasteiger partial charge on any atom is 0.0779 e. The van der Waals surface area contributed by atoms with Gasteiger partial charge in [0.1, 0.15) is 0 Å². The van der Waals surface area contributed by atoms with E-state index in [9.17, 15) is 0 Å². The van der Waals surface area contributed by atoms with Crippen molar-refractivity contribution in [1.82, 2.24) is 0 Å². The molecule has 3 aliphatic carbocycles. The maximum atomic E-state index is 2.66. The van der Waals surface area contributed by atoms with Gasteiger partial charge < -0.3 is 0 Å². The third-order valence-electron chi connectivity index (χ3n) is 8.39. The van der Waals surface area contributed by atoms with E-state index in [0.29, 0.717) is 0 Å². The van der Waals surface area contributed by atoms with Gasteiger partial charge in [-0.3, -0.25) is 0 Å². The summed E-state index contributed by atoms with van der Waals surface area (Å²) in [6.45, 7) is 28.5. The number of fused-ring (bicyclic) bond motifs is 2. The van der Waals surface area contributed by atoms with Crippen LogP contribution in [0.25, 0.3) is 11.6 Å². The highest BCUT2D eigenvalue weighted by Gasteiger charge is 2.57. The fourth-order valence-electron chi connectivity index (χ4n) is 7.19. The molecule has 3 aliphatic rings. The van der Waals surface area contributed by atoms with Crippen LogP contribution in [0.1, 0.15) is 32.3 Å². The third kappa shape index (κ3) is 3.74. The lowest BCUT2D eigenvalue weighted by Gasteiger charge is -2.56. The quantitative estimate of drug-likeness (QED) is 0.346. The molecule has 182 valence electrons. The van der Waals surface area contributed by atoms with E-state index in [2.05, 4.69) is 115 Å². The largest absolute Gasteiger partial charge is 0.0801 e. The van der Waals surface area contributed by atoms with E-state index >= 15 is 0 Å². The van der Waals surface area contributed by atoms with Crippen LogP contribution in [0.4, 0.5) is 0 Å². The summed E-state index contributed by atoms with van der Waals surface area (Å²) in [6, 6.07) is 7.32. The molecule has 0 saturated heterocycles. The molecule has 34 heavy (non-hydrogen) atoms. The Kier molecular flexibility index (Phi) is 6.27. The topological polar surface area (TPSA) is 0 Å². The maximum absolute atomic E-state index is 2.66. The predicted octanol–water partition coefficient (Wildman–Crippen LogP) is 7.93. The Morgan fingerprint density at radius 3 is 2.03 bits per heavy atom. The average molecular weight is 503 g/mol. The van der Waals surface area contributed by atoms with E-state index in [0.717, 1.165) is 12.8 Å². The van der Waals surface area contributed by atoms with E-state index in [-0.39, 0.29) is 5.04 Å². The van der Waals surface area contributed by atoms with Gasteiger partial charge >= 0.3 is 0 Å². The van der Waals surface area contributed by atoms with Gasteiger partial charge in [-0.15, -0.1) is 0 Å². The number of allylic oxidation sites excluding steroid dienone is 8. The van der Waals surface area contributed by atoms with Gasteiger partial charge in [-0.05, 0) is 63.6 Å². The molecule has 1 atom stereocenters. The average Bonchev–Trinajstić information content (AvgIpc) is 3.36. The first-order chi connectivity index (χ1) is 15.7. The Labute approximate surface area is 212 Å². The number of aryl methyl sites for hydroxylation is 1. The molecule has 1 aromatic rings. The molecule has 3 heteroatoms. The van der Waals surface area contributed by atoms with Crippen LogP contribution in [0.2, 0.25) is 64.0 Å². The van der Waals surface area contributed by atoms with Crippen molar-refractivity contribution in [3.8, 4) is 0 Å². The van der Waals surface area contributed by atoms with Crippen molar-refractivity contribution in [2.45, 2.75) is 97.1 Å². The third-order valence-corrected chi connectivity index (χ3v) is 16.5. The van der Waals surface area contributed by atoms with Crippen LogP contribution < -0.4 is 10.4 Å². The van der Waals surface area contributed by atoms with Gasteiger partial charge in [-0.1, -0.05) is 120 Å². The van der Waals surface area contributed by atoms with Crippen LogP contribution in [-0.4, -0.2) is 24.2 Å². The molecule has 0 aromatic heterocycles. The molecule has 1 unspecified atom stereocenters. The highest BCUT2D eigenvalue weighted by molar-refractivity contribution is 6.94. The monoisotopic (exact) mass is 502 g/mol. The van der Waals surface area contributed by atoms with Gasteiger partial charge in [0.2, 0.25) is 0 Å². The van der Waals surface area contributed by atoms with Crippen molar-refractivity contribution in [3.63, 3.8) is 0 Å². The summed E-state index contributed by atoms with van der Waals surface area (Å²) in [4.78, 5) is 0. The van der Waals surface area contributed by atoms with Crippen molar-refractivity contribution in [1.29, 1.82) is 0 Å². The smallest absolute Gasteiger partial charge is 0.0779 e. The zero-order valence-electron chi connectivity index (χ0n) is 23.7. The van der Waals surface area contributed by atoms with Crippen LogP contribution in [0.3, 0.4) is 0 Å². The van der Waals surface area contributed by atoms with E-state index < -0.39 is 24.2 Å². The van der Waals surface area contributed by atoms with Crippen molar-refractivity contribution >= 4 is 35.9 Å². The molecule has 0 N–H and O–H groups in total. The Hall–Kier alpha value is -1.43. The van der Waals surface area contributed by atoms with Crippen molar-refractivity contribution in [2.24, 2.45) is 0 Å². The normalized spacial score (nSPS) is 22.8. The zero-order valence-corrected chi connectivity index (χ0v) is 26.7. The van der Waals surface area contributed by atoms with Crippen LogP contribution >= 0.6 is 0 Å². The minimum Gasteiger partial charge on any atom is -0.0801 e. The second-order valence-electron chi connectivity index (χ2n) is 13.7. The van der Waals surface area contributed by atoms with Gasteiger partial charge in [-0.25, -0.2) is 0 Å². The molecule has 0 spiro atoms. The lowest BCUT2D eigenvalue weighted by atomic mass is 9.78. The number of rotatable bonds is 6. The summed E-state index contributed by atoms with van der Waals surface area (Å²) in [5.41, 5.74) is 7.96. The molecule has 0 aliphatic heterocycles. The molecule has 0 heterocycles. The number of hydrogen-bond acceptors (Lipinski definition) is 0. The molecule has 0 saturated carbocycles. The van der Waals surface area contributed by atoms with Gasteiger partial charge in [0, 0.05) is 5.04 Å². The van der Waals surface area contributed by atoms with Crippen LogP contribution in [0, 0.1) is 0 Å². The van der Waals surface area contributed by atoms with Gasteiger partial charge in [0.15, 0.2) is 0 Å². The molecular formula is C31H46Si3. The molecule has 1 aromatic carbocycles. The molecule has 0 nitrogen and oxygen atoms in total. The lowest BCUT2D eigenvalue weighted by molar-refractivity contribution is 0.694. The molecule has 0 fully saturated rings. The van der Waals surface area contributed by atoms with Crippen LogP contribution in [0.15, 0.2) is 63.5 Å². The summed E-state index contributed by atoms with van der Waals surface area (Å²) < 4.78 is 0. The summed E-state index contributed by atoms with van der Waals surface area (Å²) in [5.74, 6) is 0. The SMILES string of the molecule is CCc1ccc2c(c1)=CC1=C(C3=CC=CC3)C(CC)([Si](C)(C)C)C([Si](C)(C)C)=C([Si](C)(C)C)C=21. The number of benzene rings is 1. The first kappa shape index (κ1) is 25.7. The Bertz CT molecular complexity index is 1280. The van der Waals surface area contributed by atoms with E-state index in [1.165, 1.54) is 22.4 Å². The summed E-state index contributed by atoms with van der Waals surface area (Å²) in [7, 11) is -4.98.